The van der Waals surface area contributed by atoms with Gasteiger partial charge in [0.2, 0.25) is 0 Å². The molecule has 1 amide bonds. The Kier molecular flexibility index (Phi) is 5.57. The summed E-state index contributed by atoms with van der Waals surface area (Å²) in [6.45, 7) is 16.4. The molecule has 1 spiro atoms. The topological polar surface area (TPSA) is 51.2 Å². The van der Waals surface area contributed by atoms with Gasteiger partial charge in [-0.3, -0.25) is 0 Å². The Morgan fingerprint density at radius 2 is 1.69 bits per heavy atom. The summed E-state index contributed by atoms with van der Waals surface area (Å²) >= 11 is 0. The molecular weight excluding hydrogens is 410 g/mol. The van der Waals surface area contributed by atoms with E-state index >= 15 is 4.39 Å². The van der Waals surface area contributed by atoms with Crippen molar-refractivity contribution in [3.63, 3.8) is 0 Å². The number of ether oxygens (including phenoxy) is 1. The number of hydrogen-bond acceptors (Lipinski definition) is 5. The fourth-order valence-electron chi connectivity index (χ4n) is 4.80. The third-order valence-electron chi connectivity index (χ3n) is 7.37. The molecule has 0 radical (unpaired) electrons. The van der Waals surface area contributed by atoms with Crippen molar-refractivity contribution in [2.75, 3.05) is 31.1 Å². The number of nitrogens with zero attached hydrogens (tertiary/aromatic N) is 2. The molecule has 3 aliphatic rings. The number of anilines is 1. The third-order valence-corrected chi connectivity index (χ3v) is 7.37. The quantitative estimate of drug-likeness (QED) is 0.644. The van der Waals surface area contributed by atoms with E-state index in [4.69, 9.17) is 14.0 Å². The Morgan fingerprint density at radius 3 is 2.28 bits per heavy atom. The van der Waals surface area contributed by atoms with Crippen LogP contribution in [0.2, 0.25) is 0 Å². The molecule has 3 heterocycles. The summed E-state index contributed by atoms with van der Waals surface area (Å²) in [5.41, 5.74) is -0.147. The van der Waals surface area contributed by atoms with Crippen LogP contribution in [-0.4, -0.2) is 61.1 Å². The van der Waals surface area contributed by atoms with Crippen molar-refractivity contribution in [1.82, 2.24) is 4.90 Å². The van der Waals surface area contributed by atoms with Crippen LogP contribution in [0.1, 0.15) is 61.3 Å². The van der Waals surface area contributed by atoms with Gasteiger partial charge in [-0.25, -0.2) is 9.18 Å². The molecule has 176 valence electrons. The number of benzene rings is 1. The van der Waals surface area contributed by atoms with Crippen LogP contribution in [-0.2, 0) is 14.0 Å². The van der Waals surface area contributed by atoms with E-state index in [1.165, 1.54) is 6.07 Å². The van der Waals surface area contributed by atoms with Gasteiger partial charge in [-0.2, -0.15) is 0 Å². The Balaban J connectivity index is 1.42. The molecule has 1 atom stereocenters. The zero-order valence-electron chi connectivity index (χ0n) is 20.5. The highest BCUT2D eigenvalue weighted by Crippen LogP contribution is 2.42. The van der Waals surface area contributed by atoms with Gasteiger partial charge in [-0.1, -0.05) is 6.07 Å². The van der Waals surface area contributed by atoms with Crippen LogP contribution in [0.5, 0.6) is 0 Å². The van der Waals surface area contributed by atoms with Gasteiger partial charge in [0.05, 0.1) is 16.9 Å². The standard InChI is InChI=1S/C24H36BFN2O4/c1-21(2,3)30-20(29)28-13-11-24(16-28)10-12-27(15-24)19-9-8-17(14-18(19)26)25-31-22(4,5)23(6,7)32-25/h8-9,14H,10-13,15-16H2,1-7H3. The second-order valence-electron chi connectivity index (χ2n) is 11.6. The first-order valence-electron chi connectivity index (χ1n) is 11.6. The molecule has 0 aromatic heterocycles. The lowest BCUT2D eigenvalue weighted by Gasteiger charge is -2.32. The van der Waals surface area contributed by atoms with Gasteiger partial charge in [0.15, 0.2) is 0 Å². The van der Waals surface area contributed by atoms with Crippen LogP contribution >= 0.6 is 0 Å². The molecule has 0 saturated carbocycles. The van der Waals surface area contributed by atoms with Crippen LogP contribution < -0.4 is 10.4 Å². The summed E-state index contributed by atoms with van der Waals surface area (Å²) in [5.74, 6) is -0.267. The van der Waals surface area contributed by atoms with Crippen LogP contribution in [0, 0.1) is 11.2 Å². The summed E-state index contributed by atoms with van der Waals surface area (Å²) in [6, 6.07) is 5.26. The average Bonchev–Trinajstić information content (AvgIpc) is 3.31. The summed E-state index contributed by atoms with van der Waals surface area (Å²) in [7, 11) is -0.578. The van der Waals surface area contributed by atoms with Gasteiger partial charge in [-0.05, 0) is 78.9 Å². The van der Waals surface area contributed by atoms with Crippen molar-refractivity contribution in [1.29, 1.82) is 0 Å². The van der Waals surface area contributed by atoms with E-state index < -0.39 is 23.9 Å². The highest BCUT2D eigenvalue weighted by atomic mass is 19.1. The summed E-state index contributed by atoms with van der Waals surface area (Å²) < 4.78 is 32.8. The lowest BCUT2D eigenvalue weighted by Crippen LogP contribution is -2.41. The Hall–Kier alpha value is -1.80. The molecule has 0 aliphatic carbocycles. The Bertz CT molecular complexity index is 884. The van der Waals surface area contributed by atoms with E-state index in [1.807, 2.05) is 60.6 Å². The zero-order valence-corrected chi connectivity index (χ0v) is 20.5. The largest absolute Gasteiger partial charge is 0.494 e. The third kappa shape index (κ3) is 4.36. The SMILES string of the molecule is CC(C)(C)OC(=O)N1CCC2(CCN(c3ccc(B4OC(C)(C)C(C)(C)O4)cc3F)C2)C1. The van der Waals surface area contributed by atoms with Crippen LogP contribution in [0.25, 0.3) is 0 Å². The van der Waals surface area contributed by atoms with Gasteiger partial charge in [-0.15, -0.1) is 0 Å². The van der Waals surface area contributed by atoms with E-state index in [2.05, 4.69) is 4.90 Å². The highest BCUT2D eigenvalue weighted by Gasteiger charge is 2.52. The lowest BCUT2D eigenvalue weighted by molar-refractivity contribution is 0.00578. The molecule has 4 rings (SSSR count). The van der Waals surface area contributed by atoms with E-state index in [1.54, 1.807) is 4.90 Å². The second-order valence-corrected chi connectivity index (χ2v) is 11.6. The molecular formula is C24H36BFN2O4. The normalized spacial score (nSPS) is 26.9. The van der Waals surface area contributed by atoms with Crippen molar-refractivity contribution < 1.29 is 23.2 Å². The van der Waals surface area contributed by atoms with E-state index in [0.717, 1.165) is 25.9 Å². The van der Waals surface area contributed by atoms with E-state index in [0.29, 0.717) is 24.2 Å². The maximum Gasteiger partial charge on any atom is 0.494 e. The number of carbonyl (C=O) groups excluding carboxylic acids is 1. The highest BCUT2D eigenvalue weighted by molar-refractivity contribution is 6.62. The molecule has 32 heavy (non-hydrogen) atoms. The number of amides is 1. The van der Waals surface area contributed by atoms with E-state index in [9.17, 15) is 4.79 Å². The van der Waals surface area contributed by atoms with Crippen molar-refractivity contribution >= 4 is 24.4 Å². The minimum Gasteiger partial charge on any atom is -0.444 e. The zero-order chi connectivity index (χ0) is 23.5. The Morgan fingerprint density at radius 1 is 1.06 bits per heavy atom. The molecule has 3 saturated heterocycles. The first-order chi connectivity index (χ1) is 14.7. The maximum absolute atomic E-state index is 15.2. The lowest BCUT2D eigenvalue weighted by atomic mass is 9.79. The van der Waals surface area contributed by atoms with Gasteiger partial charge in [0.25, 0.3) is 0 Å². The summed E-state index contributed by atoms with van der Waals surface area (Å²) in [6.07, 6.45) is 1.59. The van der Waals surface area contributed by atoms with Gasteiger partial charge in [0.1, 0.15) is 11.4 Å². The molecule has 1 unspecified atom stereocenters. The summed E-state index contributed by atoms with van der Waals surface area (Å²) in [4.78, 5) is 16.4. The van der Waals surface area contributed by atoms with Crippen LogP contribution in [0.4, 0.5) is 14.9 Å². The fraction of sp³-hybridized carbons (Fsp3) is 0.708. The van der Waals surface area contributed by atoms with Crippen molar-refractivity contribution in [2.45, 2.75) is 78.1 Å². The molecule has 8 heteroatoms. The summed E-state index contributed by atoms with van der Waals surface area (Å²) in [5, 5.41) is 0. The van der Waals surface area contributed by atoms with Gasteiger partial charge >= 0.3 is 13.2 Å². The maximum atomic E-state index is 15.2. The minimum absolute atomic E-state index is 0.00621. The molecule has 6 nitrogen and oxygen atoms in total. The van der Waals surface area contributed by atoms with Crippen molar-refractivity contribution in [3.05, 3.63) is 24.0 Å². The average molecular weight is 446 g/mol. The number of likely N-dealkylation sites (tertiary alicyclic amines) is 1. The fourth-order valence-corrected chi connectivity index (χ4v) is 4.80. The number of carbonyl (C=O) groups is 1. The number of halogens is 1. The Labute approximate surface area is 191 Å². The molecule has 0 N–H and O–H groups in total. The first kappa shape index (κ1) is 23.4. The number of rotatable bonds is 2. The monoisotopic (exact) mass is 446 g/mol. The number of hydrogen-bond donors (Lipinski definition) is 0. The van der Waals surface area contributed by atoms with E-state index in [-0.39, 0.29) is 17.3 Å². The molecule has 1 aromatic rings. The van der Waals surface area contributed by atoms with Crippen LogP contribution in [0.15, 0.2) is 18.2 Å². The second kappa shape index (κ2) is 7.62. The predicted octanol–water partition coefficient (Wildman–Crippen LogP) is 3.96. The molecule has 3 fully saturated rings. The molecule has 3 aliphatic heterocycles. The first-order valence-corrected chi connectivity index (χ1v) is 11.6. The van der Waals surface area contributed by atoms with Gasteiger partial charge in [0, 0.05) is 31.6 Å². The molecule has 1 aromatic carbocycles. The minimum atomic E-state index is -0.578. The predicted molar refractivity (Wildman–Crippen MR) is 124 cm³/mol. The van der Waals surface area contributed by atoms with Crippen LogP contribution in [0.3, 0.4) is 0 Å². The molecule has 0 bridgehead atoms. The van der Waals surface area contributed by atoms with Gasteiger partial charge < -0.3 is 23.8 Å². The smallest absolute Gasteiger partial charge is 0.444 e. The van der Waals surface area contributed by atoms with Crippen molar-refractivity contribution in [3.8, 4) is 0 Å². The van der Waals surface area contributed by atoms with Crippen molar-refractivity contribution in [2.24, 2.45) is 5.41 Å².